The smallest absolute Gasteiger partial charge is 0.338 e. The SMILES string of the molecule is Cn1cc(CN(C(=O)Nc2ccc(C(=O)OC3CCCC3)cc2)C2CC2)cn1. The molecular weight excluding hydrogens is 356 g/mol. The van der Waals surface area contributed by atoms with Crippen LogP contribution < -0.4 is 5.32 Å². The second-order valence-corrected chi connectivity index (χ2v) is 7.70. The maximum atomic E-state index is 12.8. The Labute approximate surface area is 164 Å². The van der Waals surface area contributed by atoms with Crippen LogP contribution in [0.15, 0.2) is 36.7 Å². The van der Waals surface area contributed by atoms with Crippen molar-refractivity contribution in [3.8, 4) is 0 Å². The molecule has 0 radical (unpaired) electrons. The molecular formula is C21H26N4O3. The first-order chi connectivity index (χ1) is 13.6. The van der Waals surface area contributed by atoms with Crippen molar-refractivity contribution in [3.63, 3.8) is 0 Å². The van der Waals surface area contributed by atoms with Gasteiger partial charge in [0.15, 0.2) is 0 Å². The minimum atomic E-state index is -0.291. The Morgan fingerprint density at radius 1 is 1.18 bits per heavy atom. The first-order valence-electron chi connectivity index (χ1n) is 9.94. The molecule has 0 saturated heterocycles. The van der Waals surface area contributed by atoms with E-state index in [4.69, 9.17) is 4.74 Å². The molecule has 1 heterocycles. The Kier molecular flexibility index (Phi) is 5.32. The van der Waals surface area contributed by atoms with Gasteiger partial charge in [-0.05, 0) is 62.8 Å². The third kappa shape index (κ3) is 4.52. The highest BCUT2D eigenvalue weighted by Gasteiger charge is 2.33. The Balaban J connectivity index is 1.35. The number of urea groups is 1. The van der Waals surface area contributed by atoms with Gasteiger partial charge in [0, 0.05) is 30.5 Å². The zero-order valence-electron chi connectivity index (χ0n) is 16.1. The van der Waals surface area contributed by atoms with Crippen LogP contribution in [0.2, 0.25) is 0 Å². The average Bonchev–Trinajstić information content (AvgIpc) is 3.24. The lowest BCUT2D eigenvalue weighted by Crippen LogP contribution is -2.36. The highest BCUT2D eigenvalue weighted by atomic mass is 16.5. The van der Waals surface area contributed by atoms with Crippen LogP contribution in [0.1, 0.15) is 54.4 Å². The number of benzene rings is 1. The van der Waals surface area contributed by atoms with Crippen molar-refractivity contribution in [2.24, 2.45) is 7.05 Å². The van der Waals surface area contributed by atoms with Gasteiger partial charge in [0.25, 0.3) is 0 Å². The first kappa shape index (κ1) is 18.5. The fourth-order valence-corrected chi connectivity index (χ4v) is 3.61. The summed E-state index contributed by atoms with van der Waals surface area (Å²) in [6.07, 6.45) is 9.96. The molecule has 28 heavy (non-hydrogen) atoms. The molecule has 1 aromatic carbocycles. The topological polar surface area (TPSA) is 76.5 Å². The van der Waals surface area contributed by atoms with E-state index in [2.05, 4.69) is 10.4 Å². The van der Waals surface area contributed by atoms with Crippen molar-refractivity contribution >= 4 is 17.7 Å². The minimum Gasteiger partial charge on any atom is -0.459 e. The van der Waals surface area contributed by atoms with Crippen molar-refractivity contribution in [1.82, 2.24) is 14.7 Å². The predicted molar refractivity (Wildman–Crippen MR) is 105 cm³/mol. The van der Waals surface area contributed by atoms with Crippen LogP contribution in [0.3, 0.4) is 0 Å². The number of aromatic nitrogens is 2. The summed E-state index contributed by atoms with van der Waals surface area (Å²) in [6, 6.07) is 7.05. The Morgan fingerprint density at radius 3 is 2.50 bits per heavy atom. The maximum absolute atomic E-state index is 12.8. The van der Waals surface area contributed by atoms with Gasteiger partial charge in [-0.1, -0.05) is 0 Å². The number of amides is 2. The number of carbonyl (C=O) groups excluding carboxylic acids is 2. The molecule has 2 fully saturated rings. The second kappa shape index (κ2) is 8.04. The van der Waals surface area contributed by atoms with E-state index >= 15 is 0 Å². The normalized spacial score (nSPS) is 16.8. The lowest BCUT2D eigenvalue weighted by molar-refractivity contribution is 0.0318. The van der Waals surface area contributed by atoms with Crippen LogP contribution in [0.5, 0.6) is 0 Å². The molecule has 1 aromatic heterocycles. The summed E-state index contributed by atoms with van der Waals surface area (Å²) in [6.45, 7) is 0.538. The van der Waals surface area contributed by atoms with Gasteiger partial charge in [-0.3, -0.25) is 4.68 Å². The number of carbonyl (C=O) groups is 2. The van der Waals surface area contributed by atoms with Gasteiger partial charge >= 0.3 is 12.0 Å². The third-order valence-electron chi connectivity index (χ3n) is 5.31. The van der Waals surface area contributed by atoms with Gasteiger partial charge in [0.1, 0.15) is 6.10 Å². The van der Waals surface area contributed by atoms with E-state index in [-0.39, 0.29) is 24.1 Å². The highest BCUT2D eigenvalue weighted by molar-refractivity contribution is 5.92. The zero-order chi connectivity index (χ0) is 19.5. The van der Waals surface area contributed by atoms with E-state index in [9.17, 15) is 9.59 Å². The van der Waals surface area contributed by atoms with E-state index in [0.717, 1.165) is 44.1 Å². The molecule has 0 unspecified atom stereocenters. The molecule has 4 rings (SSSR count). The molecule has 1 N–H and O–H groups in total. The third-order valence-corrected chi connectivity index (χ3v) is 5.31. The first-order valence-corrected chi connectivity index (χ1v) is 9.94. The quantitative estimate of drug-likeness (QED) is 0.773. The van der Waals surface area contributed by atoms with Gasteiger partial charge in [0.2, 0.25) is 0 Å². The van der Waals surface area contributed by atoms with Crippen molar-refractivity contribution in [1.29, 1.82) is 0 Å². The standard InChI is InChI=1S/C21H26N4O3/c1-24-13-15(12-22-24)14-25(18-10-11-18)21(27)23-17-8-6-16(7-9-17)20(26)28-19-4-2-3-5-19/h6-9,12-13,18-19H,2-5,10-11,14H2,1H3,(H,23,27). The van der Waals surface area contributed by atoms with E-state index < -0.39 is 0 Å². The van der Waals surface area contributed by atoms with E-state index in [1.807, 2.05) is 18.1 Å². The number of anilines is 1. The number of ether oxygens (including phenoxy) is 1. The number of nitrogens with one attached hydrogen (secondary N) is 1. The highest BCUT2D eigenvalue weighted by Crippen LogP contribution is 2.29. The molecule has 2 saturated carbocycles. The van der Waals surface area contributed by atoms with Gasteiger partial charge < -0.3 is 15.0 Å². The average molecular weight is 382 g/mol. The molecule has 2 amide bonds. The molecule has 2 aliphatic carbocycles. The summed E-state index contributed by atoms with van der Waals surface area (Å²) >= 11 is 0. The number of aryl methyl sites for hydroxylation is 1. The van der Waals surface area contributed by atoms with Crippen LogP contribution in [0.4, 0.5) is 10.5 Å². The zero-order valence-corrected chi connectivity index (χ0v) is 16.1. The van der Waals surface area contributed by atoms with Crippen LogP contribution >= 0.6 is 0 Å². The Morgan fingerprint density at radius 2 is 1.89 bits per heavy atom. The van der Waals surface area contributed by atoms with Crippen LogP contribution in [-0.4, -0.2) is 38.8 Å². The van der Waals surface area contributed by atoms with E-state index in [0.29, 0.717) is 17.8 Å². The molecule has 0 aliphatic heterocycles. The Bertz CT molecular complexity index is 836. The van der Waals surface area contributed by atoms with Gasteiger partial charge in [-0.15, -0.1) is 0 Å². The van der Waals surface area contributed by atoms with Gasteiger partial charge in [0.05, 0.1) is 18.3 Å². The largest absolute Gasteiger partial charge is 0.459 e. The molecule has 0 bridgehead atoms. The molecule has 7 nitrogen and oxygen atoms in total. The molecule has 7 heteroatoms. The summed E-state index contributed by atoms with van der Waals surface area (Å²) < 4.78 is 7.26. The van der Waals surface area contributed by atoms with Gasteiger partial charge in [-0.25, -0.2) is 9.59 Å². The number of esters is 1. The maximum Gasteiger partial charge on any atom is 0.338 e. The summed E-state index contributed by atoms with van der Waals surface area (Å²) in [7, 11) is 1.87. The van der Waals surface area contributed by atoms with E-state index in [1.165, 1.54) is 0 Å². The fourth-order valence-electron chi connectivity index (χ4n) is 3.61. The summed E-state index contributed by atoms with van der Waals surface area (Å²) in [5, 5.41) is 7.11. The van der Waals surface area contributed by atoms with Crippen LogP contribution in [0.25, 0.3) is 0 Å². The summed E-state index contributed by atoms with van der Waals surface area (Å²) in [4.78, 5) is 26.8. The predicted octanol–water partition coefficient (Wildman–Crippen LogP) is 3.72. The van der Waals surface area contributed by atoms with Crippen molar-refractivity contribution in [2.75, 3.05) is 5.32 Å². The van der Waals surface area contributed by atoms with Crippen LogP contribution in [0, 0.1) is 0 Å². The summed E-state index contributed by atoms with van der Waals surface area (Å²) in [5.41, 5.74) is 2.19. The molecule has 0 atom stereocenters. The van der Waals surface area contributed by atoms with Crippen molar-refractivity contribution < 1.29 is 14.3 Å². The molecule has 0 spiro atoms. The van der Waals surface area contributed by atoms with Crippen molar-refractivity contribution in [2.45, 2.75) is 57.2 Å². The number of nitrogens with zero attached hydrogens (tertiary/aromatic N) is 3. The molecule has 148 valence electrons. The lowest BCUT2D eigenvalue weighted by Gasteiger charge is -2.22. The summed E-state index contributed by atoms with van der Waals surface area (Å²) in [5.74, 6) is -0.291. The monoisotopic (exact) mass is 382 g/mol. The lowest BCUT2D eigenvalue weighted by atomic mass is 10.2. The Hall–Kier alpha value is -2.83. The van der Waals surface area contributed by atoms with Crippen LogP contribution in [-0.2, 0) is 18.3 Å². The molecule has 2 aliphatic rings. The fraction of sp³-hybridized carbons (Fsp3) is 0.476. The number of rotatable bonds is 6. The minimum absolute atomic E-state index is 0.0476. The van der Waals surface area contributed by atoms with Gasteiger partial charge in [-0.2, -0.15) is 5.10 Å². The second-order valence-electron chi connectivity index (χ2n) is 7.70. The number of hydrogen-bond acceptors (Lipinski definition) is 4. The van der Waals surface area contributed by atoms with Crippen molar-refractivity contribution in [3.05, 3.63) is 47.8 Å². The van der Waals surface area contributed by atoms with E-state index in [1.54, 1.807) is 35.1 Å². The number of hydrogen-bond donors (Lipinski definition) is 1. The molecule has 2 aromatic rings.